The molecule has 0 aliphatic rings. The van der Waals surface area contributed by atoms with Gasteiger partial charge in [0.15, 0.2) is 0 Å². The van der Waals surface area contributed by atoms with Gasteiger partial charge in [0, 0.05) is 0 Å². The van der Waals surface area contributed by atoms with Crippen molar-refractivity contribution in [3.05, 3.63) is 76.9 Å². The molecule has 0 N–H and O–H groups in total. The molecule has 0 saturated heterocycles. The summed E-state index contributed by atoms with van der Waals surface area (Å²) in [6.45, 7) is 0. The van der Waals surface area contributed by atoms with Crippen molar-refractivity contribution in [2.24, 2.45) is 0 Å². The Morgan fingerprint density at radius 1 is 0.343 bits per heavy atom. The predicted molar refractivity (Wildman–Crippen MR) is 104 cm³/mol. The topological polar surface area (TPSA) is 0 Å². The number of benzene rings is 3. The summed E-state index contributed by atoms with van der Waals surface area (Å²) in [6.07, 6.45) is -20.6. The molecule has 0 nitrogen and oxygen atoms in total. The van der Waals surface area contributed by atoms with Gasteiger partial charge in [-0.3, -0.25) is 0 Å². The summed E-state index contributed by atoms with van der Waals surface area (Å²) in [6, 6.07) is 4.78. The zero-order valence-electron chi connectivity index (χ0n) is 16.9. The van der Waals surface area contributed by atoms with Crippen LogP contribution < -0.4 is 4.43 Å². The Balaban J connectivity index is 2.27. The normalized spacial score (nSPS) is 13.2. The van der Waals surface area contributed by atoms with Gasteiger partial charge in [0.1, 0.15) is 0 Å². The number of halogens is 12. The Labute approximate surface area is 197 Å². The standard InChI is InChI=1S/C22H9F12.Al.H/c23-19(24,25)15-5-13(6-16(9-15)20(26,27)28)11-2-1-3-12(4-11)14-7-17(21(29,30)31)10-18(8-14)22(32,33)34;;/h2-10H;;/q;+1;. The van der Waals surface area contributed by atoms with Crippen LogP contribution in [0.2, 0.25) is 0 Å². The summed E-state index contributed by atoms with van der Waals surface area (Å²) in [4.78, 5) is 0. The fourth-order valence-electron chi connectivity index (χ4n) is 3.27. The van der Waals surface area contributed by atoms with E-state index in [1.54, 1.807) is 0 Å². The molecular weight excluding hydrogens is 519 g/mol. The van der Waals surface area contributed by atoms with Crippen LogP contribution in [0.4, 0.5) is 52.7 Å². The molecule has 0 bridgehead atoms. The molecule has 0 amide bonds. The fraction of sp³-hybridized carbons (Fsp3) is 0.182. The van der Waals surface area contributed by atoms with Gasteiger partial charge < -0.3 is 0 Å². The first kappa shape index (κ1) is 26.9. The third kappa shape index (κ3) is 6.32. The molecule has 0 fully saturated rings. The monoisotopic (exact) mass is 529 g/mol. The van der Waals surface area contributed by atoms with Gasteiger partial charge in [0.2, 0.25) is 0 Å². The molecule has 0 spiro atoms. The zero-order valence-corrected chi connectivity index (χ0v) is 18.4. The van der Waals surface area contributed by atoms with Crippen molar-refractivity contribution in [1.29, 1.82) is 0 Å². The van der Waals surface area contributed by atoms with Crippen LogP contribution in [0.15, 0.2) is 54.6 Å². The Bertz CT molecular complexity index is 1090. The third-order valence-corrected chi connectivity index (χ3v) is 5.24. The molecule has 3 aromatic rings. The van der Waals surface area contributed by atoms with E-state index in [-0.39, 0.29) is 27.7 Å². The van der Waals surface area contributed by atoms with Gasteiger partial charge in [-0.15, -0.1) is 0 Å². The van der Waals surface area contributed by atoms with Gasteiger partial charge in [-0.05, 0) is 0 Å². The third-order valence-electron chi connectivity index (χ3n) is 4.83. The summed E-state index contributed by atoms with van der Waals surface area (Å²) >= 11 is 1.10. The van der Waals surface area contributed by atoms with Crippen molar-refractivity contribution in [2.75, 3.05) is 0 Å². The van der Waals surface area contributed by atoms with Gasteiger partial charge in [-0.2, -0.15) is 0 Å². The number of hydrogen-bond donors (Lipinski definition) is 0. The van der Waals surface area contributed by atoms with Crippen molar-refractivity contribution in [2.45, 2.75) is 24.7 Å². The maximum absolute atomic E-state index is 13.2. The molecule has 184 valence electrons. The van der Waals surface area contributed by atoms with Crippen LogP contribution in [-0.2, 0) is 24.7 Å². The van der Waals surface area contributed by atoms with Crippen molar-refractivity contribution in [3.63, 3.8) is 0 Å². The zero-order chi connectivity index (χ0) is 26.6. The first-order chi connectivity index (χ1) is 15.7. The van der Waals surface area contributed by atoms with E-state index < -0.39 is 58.1 Å². The summed E-state index contributed by atoms with van der Waals surface area (Å²) in [5.74, 6) is 0. The van der Waals surface area contributed by atoms with Crippen LogP contribution in [0.1, 0.15) is 22.3 Å². The molecule has 35 heavy (non-hydrogen) atoms. The second-order valence-electron chi connectivity index (χ2n) is 7.51. The minimum atomic E-state index is -5.15. The van der Waals surface area contributed by atoms with E-state index in [2.05, 4.69) is 0 Å². The molecule has 13 heteroatoms. The SMILES string of the molecule is FC(F)(F)c1cc(-c2c[c]([AlH+])cc(-c3cc(C(F)(F)F)cc(C(F)(F)F)c3)c2)cc(C(F)(F)F)c1. The van der Waals surface area contributed by atoms with Crippen molar-refractivity contribution < 1.29 is 52.7 Å². The first-order valence-electron chi connectivity index (χ1n) is 9.32. The average molecular weight is 529 g/mol. The van der Waals surface area contributed by atoms with Crippen molar-refractivity contribution >= 4 is 20.7 Å². The Morgan fingerprint density at radius 2 is 0.571 bits per heavy atom. The van der Waals surface area contributed by atoms with Crippen LogP contribution in [0.25, 0.3) is 22.3 Å². The van der Waals surface area contributed by atoms with Gasteiger partial charge in [0.05, 0.1) is 0 Å². The molecule has 0 radical (unpaired) electrons. The van der Waals surface area contributed by atoms with E-state index >= 15 is 0 Å². The van der Waals surface area contributed by atoms with Crippen LogP contribution in [0.3, 0.4) is 0 Å². The molecular formula is C22H10AlF12+. The van der Waals surface area contributed by atoms with E-state index in [1.807, 2.05) is 0 Å². The number of hydrogen-bond acceptors (Lipinski definition) is 0. The summed E-state index contributed by atoms with van der Waals surface area (Å²) < 4.78 is 159. The average Bonchev–Trinajstić information content (AvgIpc) is 2.70. The molecule has 0 atom stereocenters. The van der Waals surface area contributed by atoms with Crippen LogP contribution in [0.5, 0.6) is 0 Å². The minimum absolute atomic E-state index is 0.0929. The first-order valence-corrected chi connectivity index (χ1v) is 10.0. The predicted octanol–water partition coefficient (Wildman–Crippen LogP) is 7.62. The van der Waals surface area contributed by atoms with Crippen molar-refractivity contribution in [3.8, 4) is 22.3 Å². The molecule has 0 heterocycles. The summed E-state index contributed by atoms with van der Waals surface area (Å²) in [5.41, 5.74) is -8.12. The second kappa shape index (κ2) is 8.78. The summed E-state index contributed by atoms with van der Waals surface area (Å²) in [5, 5.41) is 0. The molecule has 3 rings (SSSR count). The van der Waals surface area contributed by atoms with E-state index in [9.17, 15) is 52.7 Å². The number of alkyl halides is 12. The van der Waals surface area contributed by atoms with Gasteiger partial charge in [-0.25, -0.2) is 0 Å². The Morgan fingerprint density at radius 3 is 0.800 bits per heavy atom. The quantitative estimate of drug-likeness (QED) is 0.237. The Kier molecular flexibility index (Phi) is 6.76. The van der Waals surface area contributed by atoms with E-state index in [1.165, 1.54) is 12.1 Å². The second-order valence-corrected chi connectivity index (χ2v) is 8.32. The van der Waals surface area contributed by atoms with Crippen molar-refractivity contribution in [1.82, 2.24) is 0 Å². The molecule has 0 aliphatic carbocycles. The number of rotatable bonds is 2. The van der Waals surface area contributed by atoms with E-state index in [0.29, 0.717) is 24.3 Å². The molecule has 0 aromatic heterocycles. The molecule has 0 unspecified atom stereocenters. The molecule has 0 saturated carbocycles. The Hall–Kier alpha value is -2.65. The summed E-state index contributed by atoms with van der Waals surface area (Å²) in [7, 11) is 0. The van der Waals surface area contributed by atoms with Gasteiger partial charge >= 0.3 is 197 Å². The van der Waals surface area contributed by atoms with Crippen LogP contribution in [0, 0.1) is 0 Å². The molecule has 3 aromatic carbocycles. The van der Waals surface area contributed by atoms with E-state index in [0.717, 1.165) is 22.4 Å². The fourth-order valence-corrected chi connectivity index (χ4v) is 3.71. The molecule has 0 aliphatic heterocycles. The van der Waals surface area contributed by atoms with E-state index in [4.69, 9.17) is 0 Å². The van der Waals surface area contributed by atoms with Crippen LogP contribution in [-0.4, -0.2) is 16.3 Å². The maximum atomic E-state index is 13.2. The van der Waals surface area contributed by atoms with Crippen LogP contribution >= 0.6 is 0 Å². The van der Waals surface area contributed by atoms with Gasteiger partial charge in [-0.1, -0.05) is 0 Å². The van der Waals surface area contributed by atoms with Gasteiger partial charge in [0.25, 0.3) is 0 Å².